The molecule has 1 N–H and O–H groups in total. The molecule has 3 aromatic rings. The van der Waals surface area contributed by atoms with Crippen LogP contribution in [0.3, 0.4) is 0 Å². The van der Waals surface area contributed by atoms with Crippen molar-refractivity contribution in [2.75, 3.05) is 0 Å². The second kappa shape index (κ2) is 7.70. The van der Waals surface area contributed by atoms with Gasteiger partial charge in [-0.1, -0.05) is 18.2 Å². The summed E-state index contributed by atoms with van der Waals surface area (Å²) < 4.78 is 42.1. The van der Waals surface area contributed by atoms with Crippen LogP contribution >= 0.6 is 0 Å². The minimum absolute atomic E-state index is 0.0699. The van der Waals surface area contributed by atoms with Crippen LogP contribution in [0.15, 0.2) is 64.5 Å². The number of nitrogens with one attached hydrogen (secondary N) is 1. The number of rotatable bonds is 3. The van der Waals surface area contributed by atoms with Crippen molar-refractivity contribution in [3.05, 3.63) is 60.4 Å². The summed E-state index contributed by atoms with van der Waals surface area (Å²) in [6.45, 7) is 5.92. The van der Waals surface area contributed by atoms with E-state index < -0.39 is 15.7 Å². The van der Waals surface area contributed by atoms with Gasteiger partial charge in [0, 0.05) is 10.9 Å². The van der Waals surface area contributed by atoms with Gasteiger partial charge in [-0.05, 0) is 57.2 Å². The summed E-state index contributed by atoms with van der Waals surface area (Å²) in [6.07, 6.45) is 0. The maximum Gasteiger partial charge on any atom is 0.293 e. The predicted octanol–water partition coefficient (Wildman–Crippen LogP) is 4.10. The Bertz CT molecular complexity index is 953. The Morgan fingerprint density at radius 2 is 1.65 bits per heavy atom. The van der Waals surface area contributed by atoms with E-state index in [1.54, 1.807) is 12.1 Å². The second-order valence-corrected chi connectivity index (χ2v) is 8.42. The number of aromatic amines is 1. The van der Waals surface area contributed by atoms with Crippen LogP contribution in [0.1, 0.15) is 20.8 Å². The third-order valence-electron chi connectivity index (χ3n) is 3.32. The van der Waals surface area contributed by atoms with Gasteiger partial charge in [0.05, 0.1) is 4.90 Å². The Kier molecular flexibility index (Phi) is 5.82. The summed E-state index contributed by atoms with van der Waals surface area (Å²) in [7, 11) is -3.64. The molecule has 138 valence electrons. The number of aromatic nitrogens is 1. The van der Waals surface area contributed by atoms with E-state index in [1.807, 2.05) is 39.0 Å². The van der Waals surface area contributed by atoms with Crippen LogP contribution in [0.5, 0.6) is 0 Å². The largest absolute Gasteiger partial charge is 0.462 e. The molecule has 0 aliphatic carbocycles. The van der Waals surface area contributed by atoms with E-state index in [1.165, 1.54) is 12.1 Å². The summed E-state index contributed by atoms with van der Waals surface area (Å²) in [4.78, 5) is 12.5. The molecule has 5 nitrogen and oxygen atoms in total. The number of para-hydroxylation sites is 1. The number of carbonyl (C=O) groups is 1. The molecule has 3 rings (SSSR count). The highest BCUT2D eigenvalue weighted by Gasteiger charge is 2.19. The monoisotopic (exact) mass is 377 g/mol. The van der Waals surface area contributed by atoms with Crippen molar-refractivity contribution in [2.24, 2.45) is 0 Å². The molecular formula is C19H20FNO4S. The van der Waals surface area contributed by atoms with Crippen molar-refractivity contribution in [3.63, 3.8) is 0 Å². The van der Waals surface area contributed by atoms with Crippen molar-refractivity contribution in [2.45, 2.75) is 36.3 Å². The van der Waals surface area contributed by atoms with Gasteiger partial charge in [0.15, 0.2) is 0 Å². The van der Waals surface area contributed by atoms with Crippen LogP contribution in [0.25, 0.3) is 10.9 Å². The van der Waals surface area contributed by atoms with Gasteiger partial charge in [0.25, 0.3) is 6.47 Å². The predicted molar refractivity (Wildman–Crippen MR) is 97.1 cm³/mol. The van der Waals surface area contributed by atoms with E-state index in [0.29, 0.717) is 6.47 Å². The standard InChI is InChI=1S/C14H10FNO2S.C5H10O2/c15-11-5-7-12(8-6-11)19(17,18)14-9-10-3-1-2-4-13(10)16-14;1-5(2,3)7-4-6/h1-9,16H;4H,1-3H3. The lowest BCUT2D eigenvalue weighted by Crippen LogP contribution is -2.17. The third kappa shape index (κ3) is 4.92. The fraction of sp³-hybridized carbons (Fsp3) is 0.211. The smallest absolute Gasteiger partial charge is 0.293 e. The lowest BCUT2D eigenvalue weighted by Gasteiger charge is -2.14. The van der Waals surface area contributed by atoms with E-state index in [4.69, 9.17) is 0 Å². The fourth-order valence-corrected chi connectivity index (χ4v) is 3.35. The van der Waals surface area contributed by atoms with E-state index in [-0.39, 0.29) is 15.5 Å². The third-order valence-corrected chi connectivity index (χ3v) is 5.01. The molecule has 0 atom stereocenters. The maximum absolute atomic E-state index is 12.8. The van der Waals surface area contributed by atoms with Gasteiger partial charge in [-0.3, -0.25) is 4.79 Å². The average molecular weight is 377 g/mol. The molecule has 0 radical (unpaired) electrons. The van der Waals surface area contributed by atoms with Crippen molar-refractivity contribution in [3.8, 4) is 0 Å². The van der Waals surface area contributed by atoms with E-state index in [2.05, 4.69) is 9.72 Å². The number of fused-ring (bicyclic) bond motifs is 1. The van der Waals surface area contributed by atoms with Crippen LogP contribution in [-0.2, 0) is 19.4 Å². The zero-order valence-electron chi connectivity index (χ0n) is 14.7. The van der Waals surface area contributed by atoms with E-state index in [9.17, 15) is 17.6 Å². The Morgan fingerprint density at radius 1 is 1.04 bits per heavy atom. The molecule has 0 saturated heterocycles. The number of benzene rings is 2. The van der Waals surface area contributed by atoms with Crippen molar-refractivity contribution >= 4 is 27.2 Å². The van der Waals surface area contributed by atoms with Gasteiger partial charge in [-0.2, -0.15) is 0 Å². The molecule has 0 spiro atoms. The minimum Gasteiger partial charge on any atom is -0.462 e. The van der Waals surface area contributed by atoms with E-state index in [0.717, 1.165) is 23.0 Å². The molecule has 0 bridgehead atoms. The van der Waals surface area contributed by atoms with Gasteiger partial charge in [-0.25, -0.2) is 12.8 Å². The number of ether oxygens (including phenoxy) is 1. The van der Waals surface area contributed by atoms with Crippen LogP contribution in [0, 0.1) is 5.82 Å². The highest BCUT2D eigenvalue weighted by Crippen LogP contribution is 2.24. The molecule has 0 aliphatic heterocycles. The fourth-order valence-electron chi connectivity index (χ4n) is 2.08. The molecule has 0 saturated carbocycles. The molecular weight excluding hydrogens is 357 g/mol. The summed E-state index contributed by atoms with van der Waals surface area (Å²) in [5.41, 5.74) is 0.435. The molecule has 0 aliphatic rings. The maximum atomic E-state index is 12.8. The van der Waals surface area contributed by atoms with Crippen LogP contribution in [0.2, 0.25) is 0 Å². The van der Waals surface area contributed by atoms with Gasteiger partial charge >= 0.3 is 0 Å². The molecule has 7 heteroatoms. The first-order valence-corrected chi connectivity index (χ1v) is 9.32. The van der Waals surface area contributed by atoms with Crippen LogP contribution < -0.4 is 0 Å². The van der Waals surface area contributed by atoms with Crippen LogP contribution in [-0.4, -0.2) is 25.5 Å². The van der Waals surface area contributed by atoms with Crippen molar-refractivity contribution < 1.29 is 22.3 Å². The van der Waals surface area contributed by atoms with Gasteiger partial charge in [-0.15, -0.1) is 0 Å². The quantitative estimate of drug-likeness (QED) is 0.551. The number of halogens is 1. The van der Waals surface area contributed by atoms with E-state index >= 15 is 0 Å². The number of H-pyrrole nitrogens is 1. The van der Waals surface area contributed by atoms with Gasteiger partial charge < -0.3 is 9.72 Å². The number of hydrogen-bond donors (Lipinski definition) is 1. The lowest BCUT2D eigenvalue weighted by atomic mass is 10.2. The SMILES string of the molecule is CC(C)(C)OC=O.O=S(=O)(c1ccc(F)cc1)c1cc2ccccc2[nH]1. The number of hydrogen-bond acceptors (Lipinski definition) is 4. The Hall–Kier alpha value is -2.67. The molecule has 0 amide bonds. The van der Waals surface area contributed by atoms with Crippen molar-refractivity contribution in [1.29, 1.82) is 0 Å². The van der Waals surface area contributed by atoms with Gasteiger partial charge in [0.1, 0.15) is 16.4 Å². The first kappa shape index (κ1) is 19.7. The number of carbonyl (C=O) groups excluding carboxylic acids is 1. The molecule has 1 aromatic heterocycles. The highest BCUT2D eigenvalue weighted by atomic mass is 32.2. The zero-order valence-corrected chi connectivity index (χ0v) is 15.5. The summed E-state index contributed by atoms with van der Waals surface area (Å²) in [5, 5.41) is 0.934. The molecule has 0 fully saturated rings. The first-order chi connectivity index (χ1) is 12.1. The normalized spacial score (nSPS) is 11.5. The topological polar surface area (TPSA) is 76.2 Å². The molecule has 2 aromatic carbocycles. The molecule has 1 heterocycles. The summed E-state index contributed by atoms with van der Waals surface area (Å²) >= 11 is 0. The molecule has 26 heavy (non-hydrogen) atoms. The lowest BCUT2D eigenvalue weighted by molar-refractivity contribution is -0.138. The van der Waals surface area contributed by atoms with Crippen LogP contribution in [0.4, 0.5) is 4.39 Å². The first-order valence-electron chi connectivity index (χ1n) is 7.83. The molecule has 0 unspecified atom stereocenters. The number of sulfone groups is 1. The Morgan fingerprint density at radius 3 is 2.15 bits per heavy atom. The Labute approximate surface area is 151 Å². The zero-order chi connectivity index (χ0) is 19.4. The summed E-state index contributed by atoms with van der Waals surface area (Å²) in [6, 6.07) is 13.7. The second-order valence-electron chi connectivity index (χ2n) is 6.50. The van der Waals surface area contributed by atoms with Crippen molar-refractivity contribution in [1.82, 2.24) is 4.98 Å². The van der Waals surface area contributed by atoms with Gasteiger partial charge in [0.2, 0.25) is 9.84 Å². The minimum atomic E-state index is -3.64. The highest BCUT2D eigenvalue weighted by molar-refractivity contribution is 7.91. The summed E-state index contributed by atoms with van der Waals surface area (Å²) in [5.74, 6) is -0.462. The average Bonchev–Trinajstić information content (AvgIpc) is 2.99. The Balaban J connectivity index is 0.000000298.